The standard InChI is InChI=1S/C32H34FN9O/c1-32(2,3)31(43)40-23-11-20(14-37-15-23)18-5-6-26(34)24(12-18)28(35)30-41-27-17-38-16-25(29(27)42-30)19-9-21(33)13-22(10-19)39-8-7-36-4/h5-6,9-17,35-36,39H,7-8,34H2,1-4H3,(H,40,43)(H,41,42). The fourth-order valence-electron chi connectivity index (χ4n) is 4.51. The number of pyridine rings is 2. The zero-order valence-corrected chi connectivity index (χ0v) is 24.5. The van der Waals surface area contributed by atoms with E-state index in [4.69, 9.17) is 16.1 Å². The number of nitrogens with zero attached hydrogens (tertiary/aromatic N) is 3. The predicted octanol–water partition coefficient (Wildman–Crippen LogP) is 5.44. The second-order valence-electron chi connectivity index (χ2n) is 11.3. The molecule has 0 saturated carbocycles. The van der Waals surface area contributed by atoms with Crippen molar-refractivity contribution in [3.8, 4) is 22.3 Å². The van der Waals surface area contributed by atoms with Crippen molar-refractivity contribution in [1.29, 1.82) is 5.41 Å². The van der Waals surface area contributed by atoms with Crippen LogP contribution in [0.2, 0.25) is 0 Å². The lowest BCUT2D eigenvalue weighted by atomic mass is 9.95. The number of nitrogens with two attached hydrogens (primary N) is 1. The lowest BCUT2D eigenvalue weighted by Gasteiger charge is -2.18. The molecule has 5 aromatic rings. The monoisotopic (exact) mass is 579 g/mol. The van der Waals surface area contributed by atoms with Gasteiger partial charge in [-0.25, -0.2) is 9.37 Å². The molecule has 0 radical (unpaired) electrons. The molecule has 0 spiro atoms. The number of carbonyl (C=O) groups is 1. The van der Waals surface area contributed by atoms with Gasteiger partial charge in [0, 0.05) is 59.0 Å². The van der Waals surface area contributed by atoms with Gasteiger partial charge >= 0.3 is 0 Å². The number of benzene rings is 2. The van der Waals surface area contributed by atoms with E-state index in [0.717, 1.165) is 17.7 Å². The summed E-state index contributed by atoms with van der Waals surface area (Å²) in [5.41, 5.74) is 11.9. The van der Waals surface area contributed by atoms with E-state index in [0.29, 0.717) is 57.2 Å². The summed E-state index contributed by atoms with van der Waals surface area (Å²) in [5, 5.41) is 18.2. The first-order valence-corrected chi connectivity index (χ1v) is 13.8. The summed E-state index contributed by atoms with van der Waals surface area (Å²) in [4.78, 5) is 29.0. The Balaban J connectivity index is 1.47. The van der Waals surface area contributed by atoms with Crippen molar-refractivity contribution in [1.82, 2.24) is 25.3 Å². The smallest absolute Gasteiger partial charge is 0.229 e. The van der Waals surface area contributed by atoms with Gasteiger partial charge < -0.3 is 26.7 Å². The van der Waals surface area contributed by atoms with Crippen molar-refractivity contribution in [2.45, 2.75) is 20.8 Å². The number of nitrogen functional groups attached to an aromatic ring is 1. The van der Waals surface area contributed by atoms with Crippen molar-refractivity contribution in [3.63, 3.8) is 0 Å². The van der Waals surface area contributed by atoms with E-state index in [1.165, 1.54) is 12.1 Å². The van der Waals surface area contributed by atoms with E-state index in [9.17, 15) is 9.18 Å². The largest absolute Gasteiger partial charge is 0.398 e. The van der Waals surface area contributed by atoms with Gasteiger partial charge in [0.25, 0.3) is 0 Å². The number of H-pyrrole nitrogens is 1. The van der Waals surface area contributed by atoms with Gasteiger partial charge in [-0.3, -0.25) is 20.2 Å². The number of rotatable bonds is 9. The SMILES string of the molecule is CNCCNc1cc(F)cc(-c2cncc3[nH]c(C(=N)c4cc(-c5cncc(NC(=O)C(C)(C)C)c5)ccc4N)nc23)c1. The van der Waals surface area contributed by atoms with Crippen molar-refractivity contribution >= 4 is 39.7 Å². The van der Waals surface area contributed by atoms with Gasteiger partial charge in [0.2, 0.25) is 5.91 Å². The van der Waals surface area contributed by atoms with Gasteiger partial charge in [0.15, 0.2) is 5.82 Å². The number of carbonyl (C=O) groups excluding carboxylic acids is 1. The Labute approximate surface area is 248 Å². The second kappa shape index (κ2) is 12.0. The van der Waals surface area contributed by atoms with Gasteiger partial charge in [-0.05, 0) is 54.6 Å². The van der Waals surface area contributed by atoms with Crippen LogP contribution in [0.15, 0.2) is 67.3 Å². The molecule has 43 heavy (non-hydrogen) atoms. The quantitative estimate of drug-likeness (QED) is 0.0771. The molecule has 220 valence electrons. The summed E-state index contributed by atoms with van der Waals surface area (Å²) in [6.07, 6.45) is 6.53. The highest BCUT2D eigenvalue weighted by atomic mass is 19.1. The number of halogens is 1. The number of amides is 1. The normalized spacial score (nSPS) is 11.5. The second-order valence-corrected chi connectivity index (χ2v) is 11.3. The Morgan fingerprint density at radius 1 is 0.953 bits per heavy atom. The fraction of sp³-hybridized carbons (Fsp3) is 0.219. The van der Waals surface area contributed by atoms with Crippen LogP contribution in [0.5, 0.6) is 0 Å². The number of imidazole rings is 1. The number of anilines is 3. The predicted molar refractivity (Wildman–Crippen MR) is 170 cm³/mol. The Hall–Kier alpha value is -5.16. The molecule has 0 bridgehead atoms. The molecule has 0 atom stereocenters. The number of aromatic nitrogens is 4. The molecule has 0 fully saturated rings. The van der Waals surface area contributed by atoms with Gasteiger partial charge in [-0.1, -0.05) is 26.8 Å². The molecule has 0 aliphatic heterocycles. The number of hydrogen-bond donors (Lipinski definition) is 6. The van der Waals surface area contributed by atoms with Crippen LogP contribution in [-0.4, -0.2) is 51.7 Å². The molecule has 7 N–H and O–H groups in total. The topological polar surface area (TPSA) is 157 Å². The molecule has 11 heteroatoms. The minimum Gasteiger partial charge on any atom is -0.398 e. The van der Waals surface area contributed by atoms with Crippen LogP contribution in [0.3, 0.4) is 0 Å². The zero-order valence-electron chi connectivity index (χ0n) is 24.5. The third-order valence-corrected chi connectivity index (χ3v) is 6.88. The zero-order chi connectivity index (χ0) is 30.7. The average Bonchev–Trinajstić information content (AvgIpc) is 3.41. The van der Waals surface area contributed by atoms with E-state index in [2.05, 4.69) is 30.9 Å². The van der Waals surface area contributed by atoms with Crippen LogP contribution in [0, 0.1) is 16.6 Å². The van der Waals surface area contributed by atoms with Crippen molar-refractivity contribution in [2.75, 3.05) is 36.5 Å². The molecule has 5 rings (SSSR count). The molecule has 2 aromatic carbocycles. The van der Waals surface area contributed by atoms with E-state index < -0.39 is 5.41 Å². The summed E-state index contributed by atoms with van der Waals surface area (Å²) in [6, 6.07) is 11.9. The minimum atomic E-state index is -0.554. The molecular weight excluding hydrogens is 545 g/mol. The number of fused-ring (bicyclic) bond motifs is 1. The Kier molecular flexibility index (Phi) is 8.18. The molecule has 10 nitrogen and oxygen atoms in total. The van der Waals surface area contributed by atoms with Crippen LogP contribution in [0.1, 0.15) is 32.2 Å². The Morgan fingerprint density at radius 2 is 1.72 bits per heavy atom. The van der Waals surface area contributed by atoms with Crippen molar-refractivity contribution in [3.05, 3.63) is 84.5 Å². The van der Waals surface area contributed by atoms with E-state index in [1.807, 2.05) is 46.0 Å². The Bertz CT molecular complexity index is 1820. The summed E-state index contributed by atoms with van der Waals surface area (Å²) in [5.74, 6) is -0.211. The molecule has 3 aromatic heterocycles. The van der Waals surface area contributed by atoms with Gasteiger partial charge in [0.05, 0.1) is 29.1 Å². The van der Waals surface area contributed by atoms with Crippen molar-refractivity contribution < 1.29 is 9.18 Å². The minimum absolute atomic E-state index is 0.0836. The highest BCUT2D eigenvalue weighted by Gasteiger charge is 2.22. The third-order valence-electron chi connectivity index (χ3n) is 6.88. The lowest BCUT2D eigenvalue weighted by Crippen LogP contribution is -2.27. The van der Waals surface area contributed by atoms with Crippen LogP contribution in [0.25, 0.3) is 33.3 Å². The molecule has 0 unspecified atom stereocenters. The summed E-state index contributed by atoms with van der Waals surface area (Å²) in [7, 11) is 1.85. The van der Waals surface area contributed by atoms with E-state index in [1.54, 1.807) is 36.9 Å². The third kappa shape index (κ3) is 6.52. The van der Waals surface area contributed by atoms with Gasteiger partial charge in [-0.15, -0.1) is 0 Å². The molecule has 1 amide bonds. The summed E-state index contributed by atoms with van der Waals surface area (Å²) in [6.45, 7) is 6.89. The van der Waals surface area contributed by atoms with E-state index in [-0.39, 0.29) is 17.4 Å². The van der Waals surface area contributed by atoms with Crippen LogP contribution in [0.4, 0.5) is 21.5 Å². The molecule has 0 saturated heterocycles. The fourth-order valence-corrected chi connectivity index (χ4v) is 4.51. The molecule has 0 aliphatic carbocycles. The summed E-state index contributed by atoms with van der Waals surface area (Å²) < 4.78 is 14.6. The first-order chi connectivity index (χ1) is 20.5. The van der Waals surface area contributed by atoms with Gasteiger partial charge in [-0.2, -0.15) is 0 Å². The van der Waals surface area contributed by atoms with Gasteiger partial charge in [0.1, 0.15) is 11.5 Å². The van der Waals surface area contributed by atoms with Crippen LogP contribution < -0.4 is 21.7 Å². The van der Waals surface area contributed by atoms with Crippen LogP contribution >= 0.6 is 0 Å². The highest BCUT2D eigenvalue weighted by Crippen LogP contribution is 2.31. The average molecular weight is 580 g/mol. The van der Waals surface area contributed by atoms with E-state index >= 15 is 0 Å². The maximum absolute atomic E-state index is 14.6. The maximum Gasteiger partial charge on any atom is 0.229 e. The van der Waals surface area contributed by atoms with Crippen molar-refractivity contribution in [2.24, 2.45) is 5.41 Å². The Morgan fingerprint density at radius 3 is 2.49 bits per heavy atom. The number of likely N-dealkylation sites (N-methyl/N-ethyl adjacent to an activating group) is 1. The molecular formula is C32H34FN9O. The first-order valence-electron chi connectivity index (χ1n) is 13.8. The number of nitrogens with one attached hydrogen (secondary N) is 5. The van der Waals surface area contributed by atoms with Crippen LogP contribution in [-0.2, 0) is 4.79 Å². The maximum atomic E-state index is 14.6. The summed E-state index contributed by atoms with van der Waals surface area (Å²) >= 11 is 0. The molecule has 3 heterocycles. The number of hydrogen-bond acceptors (Lipinski definition) is 8. The first kappa shape index (κ1) is 29.3. The highest BCUT2D eigenvalue weighted by molar-refractivity contribution is 6.14. The molecule has 0 aliphatic rings. The number of aromatic amines is 1. The lowest BCUT2D eigenvalue weighted by molar-refractivity contribution is -0.123.